The van der Waals surface area contributed by atoms with Gasteiger partial charge in [-0.1, -0.05) is 6.07 Å². The molecule has 2 aromatic rings. The lowest BCUT2D eigenvalue weighted by molar-refractivity contribution is -0.00456. The Morgan fingerprint density at radius 3 is 2.96 bits per heavy atom. The number of ether oxygens (including phenoxy) is 2. The van der Waals surface area contributed by atoms with Crippen molar-refractivity contribution in [1.29, 1.82) is 0 Å². The molecule has 7 nitrogen and oxygen atoms in total. The largest absolute Gasteiger partial charge is 0.472 e. The zero-order valence-electron chi connectivity index (χ0n) is 13.2. The zero-order chi connectivity index (χ0) is 16.4. The molecule has 1 amide bonds. The molecule has 1 saturated carbocycles. The van der Waals surface area contributed by atoms with Crippen molar-refractivity contribution < 1.29 is 18.7 Å². The number of aromatic nitrogens is 2. The minimum Gasteiger partial charge on any atom is -0.472 e. The molecule has 1 aliphatic carbocycles. The van der Waals surface area contributed by atoms with Crippen LogP contribution in [0.2, 0.25) is 0 Å². The molecule has 1 aliphatic heterocycles. The first-order valence-electron chi connectivity index (χ1n) is 8.21. The number of carbonyl (C=O) groups excluding carboxylic acids is 1. The van der Waals surface area contributed by atoms with Gasteiger partial charge < -0.3 is 19.2 Å². The minimum absolute atomic E-state index is 0.186. The average molecular weight is 329 g/mol. The molecule has 24 heavy (non-hydrogen) atoms. The summed E-state index contributed by atoms with van der Waals surface area (Å²) < 4.78 is 16.8. The Morgan fingerprint density at radius 2 is 2.17 bits per heavy atom. The van der Waals surface area contributed by atoms with Gasteiger partial charge in [0.1, 0.15) is 11.9 Å². The molecule has 1 N–H and O–H groups in total. The first-order valence-corrected chi connectivity index (χ1v) is 8.21. The number of pyridine rings is 1. The van der Waals surface area contributed by atoms with Crippen LogP contribution in [0.25, 0.3) is 0 Å². The molecule has 126 valence electrons. The Morgan fingerprint density at radius 1 is 1.25 bits per heavy atom. The van der Waals surface area contributed by atoms with E-state index in [2.05, 4.69) is 15.3 Å². The van der Waals surface area contributed by atoms with Gasteiger partial charge in [-0.2, -0.15) is 0 Å². The normalized spacial score (nSPS) is 23.7. The molecule has 2 atom stereocenters. The predicted octanol–water partition coefficient (Wildman–Crippen LogP) is 1.91. The Bertz CT molecular complexity index is 699. The van der Waals surface area contributed by atoms with E-state index in [1.54, 1.807) is 12.3 Å². The molecule has 2 aliphatic rings. The van der Waals surface area contributed by atoms with Crippen molar-refractivity contribution >= 4 is 5.91 Å². The third kappa shape index (κ3) is 3.26. The number of nitrogens with zero attached hydrogens (tertiary/aromatic N) is 2. The lowest BCUT2D eigenvalue weighted by atomic mass is 10.1. The van der Waals surface area contributed by atoms with Gasteiger partial charge in [0.05, 0.1) is 19.3 Å². The number of amides is 1. The number of carbonyl (C=O) groups is 1. The highest BCUT2D eigenvalue weighted by molar-refractivity contribution is 5.93. The van der Waals surface area contributed by atoms with E-state index in [1.807, 2.05) is 12.1 Å². The fraction of sp³-hybridized carbons (Fsp3) is 0.471. The maximum Gasteiger partial charge on any atom is 0.273 e. The van der Waals surface area contributed by atoms with Gasteiger partial charge in [0.15, 0.2) is 12.1 Å². The molecular weight excluding hydrogens is 310 g/mol. The van der Waals surface area contributed by atoms with Crippen LogP contribution in [0, 0.1) is 0 Å². The Balaban J connectivity index is 1.44. The van der Waals surface area contributed by atoms with Crippen molar-refractivity contribution in [1.82, 2.24) is 15.3 Å². The first kappa shape index (κ1) is 15.1. The highest BCUT2D eigenvalue weighted by Gasteiger charge is 2.35. The highest BCUT2D eigenvalue weighted by Crippen LogP contribution is 2.41. The molecule has 0 bridgehead atoms. The Labute approximate surface area is 139 Å². The van der Waals surface area contributed by atoms with Gasteiger partial charge in [-0.15, -0.1) is 0 Å². The van der Waals surface area contributed by atoms with E-state index >= 15 is 0 Å². The number of oxazole rings is 1. The lowest BCUT2D eigenvalue weighted by Gasteiger charge is -2.31. The quantitative estimate of drug-likeness (QED) is 0.902. The van der Waals surface area contributed by atoms with Crippen LogP contribution in [0.1, 0.15) is 41.4 Å². The molecule has 0 aromatic carbocycles. The summed E-state index contributed by atoms with van der Waals surface area (Å²) in [6.45, 7) is 1.00. The summed E-state index contributed by atoms with van der Waals surface area (Å²) >= 11 is 0. The predicted molar refractivity (Wildman–Crippen MR) is 83.8 cm³/mol. The molecular formula is C17H19N3O4. The summed E-state index contributed by atoms with van der Waals surface area (Å²) in [6, 6.07) is 5.25. The fourth-order valence-corrected chi connectivity index (χ4v) is 2.86. The summed E-state index contributed by atoms with van der Waals surface area (Å²) in [5.74, 6) is 1.32. The van der Waals surface area contributed by atoms with Gasteiger partial charge in [0, 0.05) is 24.6 Å². The topological polar surface area (TPSA) is 86.5 Å². The molecule has 0 spiro atoms. The number of nitrogens with one attached hydrogen (secondary N) is 1. The second-order valence-electron chi connectivity index (χ2n) is 6.11. The summed E-state index contributed by atoms with van der Waals surface area (Å²) in [5.41, 5.74) is 0.375. The van der Waals surface area contributed by atoms with Crippen LogP contribution in [-0.4, -0.2) is 41.2 Å². The molecule has 0 unspecified atom stereocenters. The van der Waals surface area contributed by atoms with Crippen molar-refractivity contribution in [3.63, 3.8) is 0 Å². The number of hydrogen-bond acceptors (Lipinski definition) is 6. The highest BCUT2D eigenvalue weighted by atomic mass is 16.5. The standard InChI is InChI=1S/C17H19N3O4/c21-17(15-16(11-4-5-11)23-10-19-15)20-12-9-22-8-6-13(12)24-14-3-1-2-7-18-14/h1-3,7,10-13H,4-6,8-9H2,(H,20,21)/t12-,13-/m1/s1. The Kier molecular flexibility index (Phi) is 4.17. The van der Waals surface area contributed by atoms with E-state index in [-0.39, 0.29) is 18.1 Å². The summed E-state index contributed by atoms with van der Waals surface area (Å²) in [6.07, 6.45) is 5.62. The summed E-state index contributed by atoms with van der Waals surface area (Å²) in [7, 11) is 0. The average Bonchev–Trinajstić information content (AvgIpc) is 3.34. The van der Waals surface area contributed by atoms with E-state index < -0.39 is 0 Å². The maximum absolute atomic E-state index is 12.6. The van der Waals surface area contributed by atoms with Crippen LogP contribution in [0.4, 0.5) is 0 Å². The van der Waals surface area contributed by atoms with Crippen LogP contribution >= 0.6 is 0 Å². The van der Waals surface area contributed by atoms with Gasteiger partial charge in [-0.05, 0) is 18.9 Å². The smallest absolute Gasteiger partial charge is 0.273 e. The lowest BCUT2D eigenvalue weighted by Crippen LogP contribution is -2.52. The Hall–Kier alpha value is -2.41. The zero-order valence-corrected chi connectivity index (χ0v) is 13.2. The van der Waals surface area contributed by atoms with Crippen molar-refractivity contribution in [3.05, 3.63) is 42.2 Å². The third-order valence-electron chi connectivity index (χ3n) is 4.28. The molecule has 3 heterocycles. The van der Waals surface area contributed by atoms with E-state index in [9.17, 15) is 4.79 Å². The van der Waals surface area contributed by atoms with Gasteiger partial charge in [0.25, 0.3) is 5.91 Å². The fourth-order valence-electron chi connectivity index (χ4n) is 2.86. The summed E-state index contributed by atoms with van der Waals surface area (Å²) in [5, 5.41) is 2.98. The van der Waals surface area contributed by atoms with Crippen LogP contribution in [-0.2, 0) is 4.74 Å². The van der Waals surface area contributed by atoms with Crippen molar-refractivity contribution in [2.75, 3.05) is 13.2 Å². The second-order valence-corrected chi connectivity index (χ2v) is 6.11. The van der Waals surface area contributed by atoms with Crippen molar-refractivity contribution in [2.45, 2.75) is 37.3 Å². The molecule has 7 heteroatoms. The monoisotopic (exact) mass is 329 g/mol. The van der Waals surface area contributed by atoms with Crippen LogP contribution < -0.4 is 10.1 Å². The van der Waals surface area contributed by atoms with Crippen LogP contribution in [0.3, 0.4) is 0 Å². The molecule has 1 saturated heterocycles. The van der Waals surface area contributed by atoms with Gasteiger partial charge in [-0.25, -0.2) is 9.97 Å². The van der Waals surface area contributed by atoms with E-state index in [1.165, 1.54) is 6.39 Å². The summed E-state index contributed by atoms with van der Waals surface area (Å²) in [4.78, 5) is 20.8. The van der Waals surface area contributed by atoms with E-state index in [0.29, 0.717) is 42.9 Å². The van der Waals surface area contributed by atoms with E-state index in [0.717, 1.165) is 12.8 Å². The molecule has 4 rings (SSSR count). The number of rotatable bonds is 5. The van der Waals surface area contributed by atoms with Crippen molar-refractivity contribution in [3.8, 4) is 5.88 Å². The minimum atomic E-state index is -0.253. The second kappa shape index (κ2) is 6.60. The first-order chi connectivity index (χ1) is 11.8. The maximum atomic E-state index is 12.6. The third-order valence-corrected chi connectivity index (χ3v) is 4.28. The molecule has 2 fully saturated rings. The van der Waals surface area contributed by atoms with Gasteiger partial charge in [-0.3, -0.25) is 4.79 Å². The van der Waals surface area contributed by atoms with Gasteiger partial charge >= 0.3 is 0 Å². The van der Waals surface area contributed by atoms with E-state index in [4.69, 9.17) is 13.9 Å². The van der Waals surface area contributed by atoms with Gasteiger partial charge in [0.2, 0.25) is 5.88 Å². The van der Waals surface area contributed by atoms with Crippen molar-refractivity contribution in [2.24, 2.45) is 0 Å². The van der Waals surface area contributed by atoms with Crippen LogP contribution in [0.5, 0.6) is 5.88 Å². The molecule has 2 aromatic heterocycles. The molecule has 0 radical (unpaired) electrons. The van der Waals surface area contributed by atoms with Crippen LogP contribution in [0.15, 0.2) is 35.2 Å². The SMILES string of the molecule is O=C(N[C@@H]1COCC[C@H]1Oc1ccccn1)c1ncoc1C1CC1. The number of hydrogen-bond donors (Lipinski definition) is 1.